The van der Waals surface area contributed by atoms with E-state index in [4.69, 9.17) is 17.4 Å². The standard InChI is InChI=1S/C9H11ClN4/c10-6-1-4-8(12-5-6)9(14-11)13-7-2-3-7/h1,4-5,7H,2-3,11H2,(H,13,14). The number of hydrogen-bond acceptors (Lipinski definition) is 3. The van der Waals surface area contributed by atoms with Gasteiger partial charge in [-0.3, -0.25) is 9.98 Å². The van der Waals surface area contributed by atoms with E-state index in [-0.39, 0.29) is 0 Å². The van der Waals surface area contributed by atoms with Gasteiger partial charge in [-0.25, -0.2) is 5.84 Å². The van der Waals surface area contributed by atoms with E-state index in [0.717, 1.165) is 18.5 Å². The van der Waals surface area contributed by atoms with Crippen molar-refractivity contribution in [3.63, 3.8) is 0 Å². The fraction of sp³-hybridized carbons (Fsp3) is 0.333. The normalized spacial score (nSPS) is 16.9. The first-order valence-electron chi connectivity index (χ1n) is 4.46. The molecule has 0 spiro atoms. The molecule has 0 saturated heterocycles. The van der Waals surface area contributed by atoms with Crippen LogP contribution in [0.15, 0.2) is 23.3 Å². The molecule has 0 bridgehead atoms. The van der Waals surface area contributed by atoms with Gasteiger partial charge in [-0.1, -0.05) is 11.6 Å². The number of aromatic nitrogens is 1. The number of rotatable bonds is 2. The number of halogens is 1. The SMILES string of the molecule is NNC(=NC1CC1)c1ccc(Cl)cn1. The highest BCUT2D eigenvalue weighted by atomic mass is 35.5. The van der Waals surface area contributed by atoms with Crippen molar-refractivity contribution in [3.8, 4) is 0 Å². The second-order valence-corrected chi connectivity index (χ2v) is 3.65. The molecule has 0 amide bonds. The van der Waals surface area contributed by atoms with Crippen LogP contribution in [-0.2, 0) is 0 Å². The largest absolute Gasteiger partial charge is 0.307 e. The summed E-state index contributed by atoms with van der Waals surface area (Å²) in [6.07, 6.45) is 3.86. The molecule has 0 aliphatic heterocycles. The number of nitrogens with two attached hydrogens (primary N) is 1. The number of nitrogens with one attached hydrogen (secondary N) is 1. The third-order valence-electron chi connectivity index (χ3n) is 1.97. The van der Waals surface area contributed by atoms with Crippen LogP contribution in [-0.4, -0.2) is 16.9 Å². The lowest BCUT2D eigenvalue weighted by Crippen LogP contribution is -2.32. The average molecular weight is 211 g/mol. The maximum Gasteiger partial charge on any atom is 0.161 e. The molecule has 1 aliphatic rings. The lowest BCUT2D eigenvalue weighted by atomic mass is 10.3. The molecule has 1 saturated carbocycles. The predicted octanol–water partition coefficient (Wildman–Crippen LogP) is 1.11. The van der Waals surface area contributed by atoms with E-state index in [2.05, 4.69) is 15.4 Å². The third-order valence-corrected chi connectivity index (χ3v) is 2.19. The van der Waals surface area contributed by atoms with Gasteiger partial charge in [-0.2, -0.15) is 0 Å². The molecule has 14 heavy (non-hydrogen) atoms. The van der Waals surface area contributed by atoms with E-state index in [9.17, 15) is 0 Å². The van der Waals surface area contributed by atoms with Gasteiger partial charge in [0.05, 0.1) is 11.1 Å². The van der Waals surface area contributed by atoms with Crippen molar-refractivity contribution in [1.82, 2.24) is 10.4 Å². The molecule has 1 aliphatic carbocycles. The maximum absolute atomic E-state index is 5.72. The minimum Gasteiger partial charge on any atom is -0.307 e. The van der Waals surface area contributed by atoms with E-state index in [1.54, 1.807) is 18.3 Å². The molecule has 0 radical (unpaired) electrons. The van der Waals surface area contributed by atoms with Crippen molar-refractivity contribution in [3.05, 3.63) is 29.0 Å². The lowest BCUT2D eigenvalue weighted by Gasteiger charge is -2.04. The monoisotopic (exact) mass is 210 g/mol. The van der Waals surface area contributed by atoms with Gasteiger partial charge in [0.2, 0.25) is 0 Å². The van der Waals surface area contributed by atoms with Gasteiger partial charge in [0.15, 0.2) is 5.84 Å². The Kier molecular flexibility index (Phi) is 2.65. The molecule has 3 N–H and O–H groups in total. The number of hydrogen-bond donors (Lipinski definition) is 2. The Morgan fingerprint density at radius 3 is 2.86 bits per heavy atom. The predicted molar refractivity (Wildman–Crippen MR) is 56.1 cm³/mol. The lowest BCUT2D eigenvalue weighted by molar-refractivity contribution is 0.962. The summed E-state index contributed by atoms with van der Waals surface area (Å²) in [5.41, 5.74) is 3.28. The number of amidine groups is 1. The summed E-state index contributed by atoms with van der Waals surface area (Å²) in [6, 6.07) is 3.98. The zero-order valence-corrected chi connectivity index (χ0v) is 8.33. The van der Waals surface area contributed by atoms with Crippen LogP contribution in [0, 0.1) is 0 Å². The second-order valence-electron chi connectivity index (χ2n) is 3.21. The van der Waals surface area contributed by atoms with Gasteiger partial charge in [-0.15, -0.1) is 0 Å². The van der Waals surface area contributed by atoms with E-state index in [1.807, 2.05) is 0 Å². The summed E-state index contributed by atoms with van der Waals surface area (Å²) in [5, 5.41) is 0.608. The van der Waals surface area contributed by atoms with Crippen molar-refractivity contribution in [2.45, 2.75) is 18.9 Å². The molecule has 4 nitrogen and oxygen atoms in total. The number of aliphatic imine (C=N–C) groups is 1. The smallest absolute Gasteiger partial charge is 0.161 e. The second kappa shape index (κ2) is 3.94. The van der Waals surface area contributed by atoms with Crippen LogP contribution in [0.1, 0.15) is 18.5 Å². The fourth-order valence-electron chi connectivity index (χ4n) is 1.08. The highest BCUT2D eigenvalue weighted by Gasteiger charge is 2.21. The van der Waals surface area contributed by atoms with Crippen molar-refractivity contribution < 1.29 is 0 Å². The molecular formula is C9H11ClN4. The van der Waals surface area contributed by atoms with Gasteiger partial charge < -0.3 is 5.43 Å². The van der Waals surface area contributed by atoms with E-state index >= 15 is 0 Å². The summed E-state index contributed by atoms with van der Waals surface area (Å²) < 4.78 is 0. The third kappa shape index (κ3) is 2.21. The first-order valence-corrected chi connectivity index (χ1v) is 4.84. The number of hydrazine groups is 1. The molecule has 2 rings (SSSR count). The quantitative estimate of drug-likeness (QED) is 0.333. The first kappa shape index (κ1) is 9.43. The topological polar surface area (TPSA) is 63.3 Å². The van der Waals surface area contributed by atoms with Crippen molar-refractivity contribution in [1.29, 1.82) is 0 Å². The Labute approximate surface area is 87.2 Å². The van der Waals surface area contributed by atoms with E-state index in [0.29, 0.717) is 16.9 Å². The molecule has 74 valence electrons. The zero-order valence-electron chi connectivity index (χ0n) is 7.57. The molecule has 1 aromatic heterocycles. The van der Waals surface area contributed by atoms with Gasteiger partial charge in [-0.05, 0) is 25.0 Å². The molecule has 0 unspecified atom stereocenters. The molecule has 0 atom stereocenters. The minimum atomic E-state index is 0.415. The summed E-state index contributed by atoms with van der Waals surface area (Å²) in [6.45, 7) is 0. The Morgan fingerprint density at radius 1 is 1.57 bits per heavy atom. The van der Waals surface area contributed by atoms with Crippen LogP contribution in [0.25, 0.3) is 0 Å². The van der Waals surface area contributed by atoms with E-state index in [1.165, 1.54) is 0 Å². The first-order chi connectivity index (χ1) is 6.79. The Morgan fingerprint density at radius 2 is 2.36 bits per heavy atom. The summed E-state index contributed by atoms with van der Waals surface area (Å²) >= 11 is 5.72. The summed E-state index contributed by atoms with van der Waals surface area (Å²) in [4.78, 5) is 8.51. The fourth-order valence-corrected chi connectivity index (χ4v) is 1.19. The van der Waals surface area contributed by atoms with Gasteiger partial charge >= 0.3 is 0 Å². The Hall–Kier alpha value is -1.13. The molecule has 1 aromatic rings. The number of pyridine rings is 1. The van der Waals surface area contributed by atoms with Crippen LogP contribution in [0.3, 0.4) is 0 Å². The van der Waals surface area contributed by atoms with Crippen LogP contribution in [0.5, 0.6) is 0 Å². The van der Waals surface area contributed by atoms with Gasteiger partial charge in [0, 0.05) is 6.20 Å². The van der Waals surface area contributed by atoms with Crippen LogP contribution >= 0.6 is 11.6 Å². The van der Waals surface area contributed by atoms with Crippen LogP contribution < -0.4 is 11.3 Å². The Bertz CT molecular complexity index is 342. The molecule has 0 aromatic carbocycles. The maximum atomic E-state index is 5.72. The van der Waals surface area contributed by atoms with Crippen molar-refractivity contribution in [2.24, 2.45) is 10.8 Å². The molecule has 1 heterocycles. The minimum absolute atomic E-state index is 0.415. The van der Waals surface area contributed by atoms with Crippen LogP contribution in [0.4, 0.5) is 0 Å². The highest BCUT2D eigenvalue weighted by molar-refractivity contribution is 6.30. The molecule has 5 heteroatoms. The summed E-state index contributed by atoms with van der Waals surface area (Å²) in [5.74, 6) is 5.99. The van der Waals surface area contributed by atoms with E-state index < -0.39 is 0 Å². The Balaban J connectivity index is 2.22. The molecule has 1 fully saturated rings. The molecular weight excluding hydrogens is 200 g/mol. The van der Waals surface area contributed by atoms with Crippen molar-refractivity contribution >= 4 is 17.4 Å². The highest BCUT2D eigenvalue weighted by Crippen LogP contribution is 2.23. The van der Waals surface area contributed by atoms with Crippen molar-refractivity contribution in [2.75, 3.05) is 0 Å². The zero-order chi connectivity index (χ0) is 9.97. The summed E-state index contributed by atoms with van der Waals surface area (Å²) in [7, 11) is 0. The average Bonchev–Trinajstić information content (AvgIpc) is 3.00. The number of nitrogens with zero attached hydrogens (tertiary/aromatic N) is 2. The van der Waals surface area contributed by atoms with Gasteiger partial charge in [0.25, 0.3) is 0 Å². The van der Waals surface area contributed by atoms with Gasteiger partial charge in [0.1, 0.15) is 5.69 Å². The van der Waals surface area contributed by atoms with Crippen LogP contribution in [0.2, 0.25) is 5.02 Å².